The number of ether oxygens (including phenoxy) is 1. The average molecular weight is 420 g/mol. The van der Waals surface area contributed by atoms with Crippen molar-refractivity contribution in [3.05, 3.63) is 30.9 Å². The van der Waals surface area contributed by atoms with Crippen LogP contribution in [0, 0.1) is 5.92 Å². The van der Waals surface area contributed by atoms with Crippen LogP contribution in [0.15, 0.2) is 30.9 Å². The average Bonchev–Trinajstić information content (AvgIpc) is 3.34. The normalized spacial score (nSPS) is 20.9. The van der Waals surface area contributed by atoms with E-state index in [1.165, 1.54) is 6.33 Å². The minimum atomic E-state index is -0.0577. The van der Waals surface area contributed by atoms with Crippen molar-refractivity contribution >= 4 is 17.5 Å². The first kappa shape index (κ1) is 19.6. The van der Waals surface area contributed by atoms with Crippen LogP contribution in [0.4, 0.5) is 11.6 Å². The molecule has 1 fully saturated rings. The Bertz CT molecular complexity index is 1050. The Morgan fingerprint density at radius 2 is 1.97 bits per heavy atom. The molecular weight excluding hydrogens is 396 g/mol. The number of fused-ring (bicyclic) bond motifs is 1. The Morgan fingerprint density at radius 1 is 1.10 bits per heavy atom. The van der Waals surface area contributed by atoms with Crippen molar-refractivity contribution in [3.63, 3.8) is 0 Å². The molecule has 0 atom stereocenters. The zero-order chi connectivity index (χ0) is 21.2. The zero-order valence-electron chi connectivity index (χ0n) is 17.3. The fourth-order valence-electron chi connectivity index (χ4n) is 4.27. The first-order chi connectivity index (χ1) is 15.2. The van der Waals surface area contributed by atoms with Gasteiger partial charge in [0.05, 0.1) is 24.5 Å². The lowest BCUT2D eigenvalue weighted by molar-refractivity contribution is -0.115. The van der Waals surface area contributed by atoms with Gasteiger partial charge in [0, 0.05) is 25.4 Å². The minimum Gasteiger partial charge on any atom is -0.381 e. The van der Waals surface area contributed by atoms with Gasteiger partial charge in [-0.1, -0.05) is 0 Å². The fourth-order valence-corrected chi connectivity index (χ4v) is 4.27. The molecule has 31 heavy (non-hydrogen) atoms. The third-order valence-corrected chi connectivity index (χ3v) is 5.95. The first-order valence-electron chi connectivity index (χ1n) is 10.5. The molecule has 1 saturated carbocycles. The SMILES string of the molecule is CO[C@H]1CC[C@@H](CN2CC(=O)Nc3ncc(-c4ccc(-c5nc[nH]n5)nc4)nc32)CC1. The number of carbonyl (C=O) groups excluding carboxylic acids is 1. The van der Waals surface area contributed by atoms with Crippen molar-refractivity contribution in [3.8, 4) is 22.8 Å². The minimum absolute atomic E-state index is 0.0577. The molecule has 0 bridgehead atoms. The Morgan fingerprint density at radius 3 is 2.68 bits per heavy atom. The number of hydrogen-bond acceptors (Lipinski definition) is 8. The van der Waals surface area contributed by atoms with Gasteiger partial charge >= 0.3 is 0 Å². The fraction of sp³-hybridized carbons (Fsp3) is 0.429. The maximum atomic E-state index is 12.2. The highest BCUT2D eigenvalue weighted by Gasteiger charge is 2.29. The lowest BCUT2D eigenvalue weighted by Crippen LogP contribution is -2.42. The van der Waals surface area contributed by atoms with Gasteiger partial charge in [0.25, 0.3) is 0 Å². The molecule has 1 amide bonds. The maximum Gasteiger partial charge on any atom is 0.245 e. The van der Waals surface area contributed by atoms with Crippen LogP contribution in [-0.4, -0.2) is 62.3 Å². The van der Waals surface area contributed by atoms with Gasteiger partial charge in [0.15, 0.2) is 17.5 Å². The molecule has 0 unspecified atom stereocenters. The van der Waals surface area contributed by atoms with Crippen LogP contribution in [0.25, 0.3) is 22.8 Å². The van der Waals surface area contributed by atoms with Gasteiger partial charge in [0.2, 0.25) is 5.91 Å². The van der Waals surface area contributed by atoms with E-state index in [1.807, 2.05) is 12.1 Å². The van der Waals surface area contributed by atoms with Crippen LogP contribution < -0.4 is 10.2 Å². The van der Waals surface area contributed by atoms with Crippen LogP contribution in [0.5, 0.6) is 0 Å². The largest absolute Gasteiger partial charge is 0.381 e. The smallest absolute Gasteiger partial charge is 0.245 e. The molecule has 0 saturated heterocycles. The molecular formula is C21H24N8O2. The highest BCUT2D eigenvalue weighted by molar-refractivity contribution is 5.99. The second-order valence-electron chi connectivity index (χ2n) is 7.99. The second-order valence-corrected chi connectivity index (χ2v) is 7.99. The van der Waals surface area contributed by atoms with Gasteiger partial charge in [-0.05, 0) is 43.7 Å². The van der Waals surface area contributed by atoms with E-state index >= 15 is 0 Å². The number of nitrogens with zero attached hydrogens (tertiary/aromatic N) is 6. The monoisotopic (exact) mass is 420 g/mol. The molecule has 0 spiro atoms. The number of rotatable bonds is 5. The van der Waals surface area contributed by atoms with Gasteiger partial charge in [-0.2, -0.15) is 5.10 Å². The van der Waals surface area contributed by atoms with Gasteiger partial charge in [-0.3, -0.25) is 14.9 Å². The van der Waals surface area contributed by atoms with Crippen LogP contribution in [-0.2, 0) is 9.53 Å². The molecule has 0 aromatic carbocycles. The van der Waals surface area contributed by atoms with E-state index in [2.05, 4.69) is 35.4 Å². The number of nitrogens with one attached hydrogen (secondary N) is 2. The van der Waals surface area contributed by atoms with E-state index in [4.69, 9.17) is 9.72 Å². The molecule has 160 valence electrons. The molecule has 3 aromatic rings. The lowest BCUT2D eigenvalue weighted by Gasteiger charge is -2.35. The standard InChI is InChI=1S/C21H24N8O2/c1-31-15-5-2-13(3-6-15)10-29-11-18(30)27-20-21(29)26-17(9-23-20)14-4-7-16(22-8-14)19-24-12-25-28-19/h4,7-9,12-13,15H,2-3,5-6,10-11H2,1H3,(H,23,27,30)(H,24,25,28)/t13-,15+. The highest BCUT2D eigenvalue weighted by atomic mass is 16.5. The van der Waals surface area contributed by atoms with Crippen molar-refractivity contribution in [2.45, 2.75) is 31.8 Å². The van der Waals surface area contributed by atoms with E-state index in [1.54, 1.807) is 19.5 Å². The summed E-state index contributed by atoms with van der Waals surface area (Å²) in [6.07, 6.45) is 9.56. The van der Waals surface area contributed by atoms with E-state index < -0.39 is 0 Å². The zero-order valence-corrected chi connectivity index (χ0v) is 17.3. The van der Waals surface area contributed by atoms with Gasteiger partial charge in [-0.25, -0.2) is 15.0 Å². The van der Waals surface area contributed by atoms with Gasteiger partial charge in [0.1, 0.15) is 12.0 Å². The third kappa shape index (κ3) is 4.11. The number of methoxy groups -OCH3 is 1. The summed E-state index contributed by atoms with van der Waals surface area (Å²) in [6.45, 7) is 1.08. The van der Waals surface area contributed by atoms with Gasteiger partial charge < -0.3 is 15.0 Å². The highest BCUT2D eigenvalue weighted by Crippen LogP contribution is 2.32. The van der Waals surface area contributed by atoms with Crippen molar-refractivity contribution in [1.82, 2.24) is 30.1 Å². The molecule has 5 rings (SSSR count). The molecule has 3 aromatic heterocycles. The lowest BCUT2D eigenvalue weighted by atomic mass is 9.87. The summed E-state index contributed by atoms with van der Waals surface area (Å²) in [6, 6.07) is 3.78. The van der Waals surface area contributed by atoms with Crippen LogP contribution in [0.3, 0.4) is 0 Å². The molecule has 10 heteroatoms. The number of anilines is 2. The van der Waals surface area contributed by atoms with E-state index in [0.29, 0.717) is 40.9 Å². The molecule has 1 aliphatic carbocycles. The summed E-state index contributed by atoms with van der Waals surface area (Å²) in [5.74, 6) is 2.22. The van der Waals surface area contributed by atoms with Crippen molar-refractivity contribution in [2.24, 2.45) is 5.92 Å². The van der Waals surface area contributed by atoms with Crippen LogP contribution >= 0.6 is 0 Å². The topological polar surface area (TPSA) is 122 Å². The van der Waals surface area contributed by atoms with Crippen LogP contribution in [0.2, 0.25) is 0 Å². The molecule has 2 N–H and O–H groups in total. The summed E-state index contributed by atoms with van der Waals surface area (Å²) in [7, 11) is 1.78. The number of carbonyl (C=O) groups is 1. The number of amides is 1. The first-order valence-corrected chi connectivity index (χ1v) is 10.5. The quantitative estimate of drug-likeness (QED) is 0.645. The summed E-state index contributed by atoms with van der Waals surface area (Å²) < 4.78 is 5.48. The number of H-pyrrole nitrogens is 1. The van der Waals surface area contributed by atoms with E-state index in [9.17, 15) is 4.79 Å². The summed E-state index contributed by atoms with van der Waals surface area (Å²) in [4.78, 5) is 32.1. The maximum absolute atomic E-state index is 12.2. The predicted molar refractivity (Wildman–Crippen MR) is 114 cm³/mol. The predicted octanol–water partition coefficient (Wildman–Crippen LogP) is 2.29. The molecule has 2 aliphatic rings. The number of hydrogen-bond donors (Lipinski definition) is 2. The molecule has 0 radical (unpaired) electrons. The molecule has 10 nitrogen and oxygen atoms in total. The Labute approximate surface area is 179 Å². The van der Waals surface area contributed by atoms with Crippen molar-refractivity contribution < 1.29 is 9.53 Å². The molecule has 1 aliphatic heterocycles. The number of pyridine rings is 1. The summed E-state index contributed by atoms with van der Waals surface area (Å²) in [5, 5.41) is 9.57. The van der Waals surface area contributed by atoms with E-state index in [0.717, 1.165) is 37.8 Å². The summed E-state index contributed by atoms with van der Waals surface area (Å²) >= 11 is 0. The molecule has 4 heterocycles. The Balaban J connectivity index is 1.37. The van der Waals surface area contributed by atoms with Crippen LogP contribution in [0.1, 0.15) is 25.7 Å². The second kappa shape index (κ2) is 8.38. The van der Waals surface area contributed by atoms with E-state index in [-0.39, 0.29) is 12.5 Å². The Hall–Kier alpha value is -3.40. The number of aromatic nitrogens is 6. The summed E-state index contributed by atoms with van der Waals surface area (Å²) in [5.41, 5.74) is 2.22. The van der Waals surface area contributed by atoms with Gasteiger partial charge in [-0.15, -0.1) is 0 Å². The van der Waals surface area contributed by atoms with Crippen molar-refractivity contribution in [2.75, 3.05) is 30.4 Å². The van der Waals surface area contributed by atoms with Crippen molar-refractivity contribution in [1.29, 1.82) is 0 Å². The Kier molecular flexibility index (Phi) is 5.29. The third-order valence-electron chi connectivity index (χ3n) is 5.95. The number of aromatic amines is 1.